The van der Waals surface area contributed by atoms with Gasteiger partial charge in [-0.2, -0.15) is 11.8 Å². The Morgan fingerprint density at radius 2 is 2.06 bits per heavy atom. The van der Waals surface area contributed by atoms with Crippen molar-refractivity contribution in [1.82, 2.24) is 4.90 Å². The average molecular weight is 264 g/mol. The molecule has 1 aromatic rings. The molecule has 18 heavy (non-hydrogen) atoms. The van der Waals surface area contributed by atoms with Gasteiger partial charge in [0.2, 0.25) is 5.91 Å². The zero-order valence-corrected chi connectivity index (χ0v) is 11.7. The summed E-state index contributed by atoms with van der Waals surface area (Å²) in [5, 5.41) is 0. The standard InChI is InChI=1S/C14H20N2OS/c1-14(2)10-16(8-9-18-14)13(17)12(15)11-6-4-3-5-7-11/h3-7,12H,8-10,15H2,1-2H3/t12-/m0/s1. The molecule has 0 saturated carbocycles. The second-order valence-corrected chi connectivity index (χ2v) is 7.06. The summed E-state index contributed by atoms with van der Waals surface area (Å²) in [7, 11) is 0. The summed E-state index contributed by atoms with van der Waals surface area (Å²) in [5.41, 5.74) is 6.95. The van der Waals surface area contributed by atoms with Crippen LogP contribution in [0.4, 0.5) is 0 Å². The van der Waals surface area contributed by atoms with E-state index in [1.165, 1.54) is 0 Å². The molecule has 0 unspecified atom stereocenters. The largest absolute Gasteiger partial charge is 0.339 e. The molecule has 3 nitrogen and oxygen atoms in total. The highest BCUT2D eigenvalue weighted by molar-refractivity contribution is 8.00. The Morgan fingerprint density at radius 3 is 2.67 bits per heavy atom. The highest BCUT2D eigenvalue weighted by atomic mass is 32.2. The number of nitrogens with two attached hydrogens (primary N) is 1. The lowest BCUT2D eigenvalue weighted by Crippen LogP contribution is -2.49. The number of amides is 1. The summed E-state index contributed by atoms with van der Waals surface area (Å²) in [4.78, 5) is 14.3. The van der Waals surface area contributed by atoms with Gasteiger partial charge < -0.3 is 10.6 Å². The van der Waals surface area contributed by atoms with Crippen molar-refractivity contribution in [2.24, 2.45) is 5.73 Å². The van der Waals surface area contributed by atoms with Gasteiger partial charge in [-0.1, -0.05) is 30.3 Å². The van der Waals surface area contributed by atoms with Crippen molar-refractivity contribution >= 4 is 17.7 Å². The molecule has 98 valence electrons. The molecular formula is C14H20N2OS. The molecule has 2 N–H and O–H groups in total. The summed E-state index contributed by atoms with van der Waals surface area (Å²) in [6, 6.07) is 9.04. The molecule has 1 saturated heterocycles. The van der Waals surface area contributed by atoms with Gasteiger partial charge in [-0.25, -0.2) is 0 Å². The summed E-state index contributed by atoms with van der Waals surface area (Å²) in [5.74, 6) is 1.02. The summed E-state index contributed by atoms with van der Waals surface area (Å²) >= 11 is 1.91. The summed E-state index contributed by atoms with van der Waals surface area (Å²) < 4.78 is 0.129. The topological polar surface area (TPSA) is 46.3 Å². The van der Waals surface area contributed by atoms with Gasteiger partial charge in [-0.15, -0.1) is 0 Å². The first-order chi connectivity index (χ1) is 8.49. The fraction of sp³-hybridized carbons (Fsp3) is 0.500. The Kier molecular flexibility index (Phi) is 3.97. The first-order valence-electron chi connectivity index (χ1n) is 6.23. The second-order valence-electron chi connectivity index (χ2n) is 5.26. The molecule has 1 aliphatic rings. The van der Waals surface area contributed by atoms with E-state index in [4.69, 9.17) is 5.73 Å². The van der Waals surface area contributed by atoms with Crippen LogP contribution in [0, 0.1) is 0 Å². The Morgan fingerprint density at radius 1 is 1.39 bits per heavy atom. The van der Waals surface area contributed by atoms with Crippen molar-refractivity contribution in [1.29, 1.82) is 0 Å². The lowest BCUT2D eigenvalue weighted by atomic mass is 10.1. The molecule has 1 aromatic carbocycles. The molecular weight excluding hydrogens is 244 g/mol. The third kappa shape index (κ3) is 3.06. The van der Waals surface area contributed by atoms with Crippen LogP contribution in [-0.4, -0.2) is 34.4 Å². The zero-order valence-electron chi connectivity index (χ0n) is 10.9. The van der Waals surface area contributed by atoms with Crippen molar-refractivity contribution < 1.29 is 4.79 Å². The molecule has 1 atom stereocenters. The smallest absolute Gasteiger partial charge is 0.244 e. The molecule has 1 fully saturated rings. The zero-order chi connectivity index (χ0) is 13.2. The predicted octanol–water partition coefficient (Wildman–Crippen LogP) is 2.04. The van der Waals surface area contributed by atoms with E-state index in [0.29, 0.717) is 0 Å². The van der Waals surface area contributed by atoms with E-state index in [2.05, 4.69) is 13.8 Å². The van der Waals surface area contributed by atoms with Crippen molar-refractivity contribution in [3.05, 3.63) is 35.9 Å². The quantitative estimate of drug-likeness (QED) is 0.889. The number of hydrogen-bond acceptors (Lipinski definition) is 3. The molecule has 0 spiro atoms. The van der Waals surface area contributed by atoms with E-state index in [1.807, 2.05) is 47.0 Å². The van der Waals surface area contributed by atoms with Gasteiger partial charge in [-0.05, 0) is 19.4 Å². The molecule has 1 amide bonds. The molecule has 4 heteroatoms. The van der Waals surface area contributed by atoms with E-state index in [-0.39, 0.29) is 10.7 Å². The Bertz CT molecular complexity index is 419. The van der Waals surface area contributed by atoms with Crippen LogP contribution >= 0.6 is 11.8 Å². The number of carbonyl (C=O) groups is 1. The lowest BCUT2D eigenvalue weighted by molar-refractivity contribution is -0.133. The van der Waals surface area contributed by atoms with Gasteiger partial charge in [-0.3, -0.25) is 4.79 Å². The maximum Gasteiger partial charge on any atom is 0.244 e. The van der Waals surface area contributed by atoms with E-state index < -0.39 is 6.04 Å². The van der Waals surface area contributed by atoms with E-state index in [9.17, 15) is 4.79 Å². The number of carbonyl (C=O) groups excluding carboxylic acids is 1. The van der Waals surface area contributed by atoms with E-state index in [0.717, 1.165) is 24.4 Å². The molecule has 0 aromatic heterocycles. The number of hydrogen-bond donors (Lipinski definition) is 1. The van der Waals surface area contributed by atoms with Crippen molar-refractivity contribution in [3.8, 4) is 0 Å². The normalized spacial score (nSPS) is 20.5. The van der Waals surface area contributed by atoms with Crippen LogP contribution in [0.2, 0.25) is 0 Å². The van der Waals surface area contributed by atoms with Crippen LogP contribution in [0.15, 0.2) is 30.3 Å². The molecule has 2 rings (SSSR count). The Hall–Kier alpha value is -1.00. The third-order valence-corrected chi connectivity index (χ3v) is 4.46. The van der Waals surface area contributed by atoms with Crippen LogP contribution in [0.5, 0.6) is 0 Å². The average Bonchev–Trinajstić information content (AvgIpc) is 2.37. The first-order valence-corrected chi connectivity index (χ1v) is 7.21. The summed E-state index contributed by atoms with van der Waals surface area (Å²) in [6.07, 6.45) is 0. The van der Waals surface area contributed by atoms with Crippen molar-refractivity contribution in [2.45, 2.75) is 24.6 Å². The first kappa shape index (κ1) is 13.4. The fourth-order valence-electron chi connectivity index (χ4n) is 2.20. The number of thioether (sulfide) groups is 1. The lowest BCUT2D eigenvalue weighted by Gasteiger charge is -2.38. The Balaban J connectivity index is 2.07. The highest BCUT2D eigenvalue weighted by Gasteiger charge is 2.32. The molecule has 0 radical (unpaired) electrons. The van der Waals surface area contributed by atoms with Gasteiger partial charge >= 0.3 is 0 Å². The van der Waals surface area contributed by atoms with Gasteiger partial charge in [0.15, 0.2) is 0 Å². The van der Waals surface area contributed by atoms with E-state index >= 15 is 0 Å². The van der Waals surface area contributed by atoms with Gasteiger partial charge in [0.05, 0.1) is 0 Å². The van der Waals surface area contributed by atoms with Crippen LogP contribution in [0.1, 0.15) is 25.5 Å². The fourth-order valence-corrected chi connectivity index (χ4v) is 3.32. The SMILES string of the molecule is CC1(C)CN(C(=O)[C@@H](N)c2ccccc2)CCS1. The molecule has 1 heterocycles. The second kappa shape index (κ2) is 5.33. The highest BCUT2D eigenvalue weighted by Crippen LogP contribution is 2.30. The van der Waals surface area contributed by atoms with E-state index in [1.54, 1.807) is 0 Å². The number of nitrogens with zero attached hydrogens (tertiary/aromatic N) is 1. The molecule has 0 aliphatic carbocycles. The van der Waals surface area contributed by atoms with Gasteiger partial charge in [0.25, 0.3) is 0 Å². The minimum Gasteiger partial charge on any atom is -0.339 e. The third-order valence-electron chi connectivity index (χ3n) is 3.16. The Labute approximate surface area is 113 Å². The predicted molar refractivity (Wildman–Crippen MR) is 76.5 cm³/mol. The maximum absolute atomic E-state index is 12.4. The van der Waals surface area contributed by atoms with Crippen molar-refractivity contribution in [3.63, 3.8) is 0 Å². The summed E-state index contributed by atoms with van der Waals surface area (Å²) in [6.45, 7) is 5.92. The van der Waals surface area contributed by atoms with Crippen LogP contribution in [0.25, 0.3) is 0 Å². The monoisotopic (exact) mass is 264 g/mol. The number of benzene rings is 1. The van der Waals surface area contributed by atoms with Gasteiger partial charge in [0, 0.05) is 23.6 Å². The van der Waals surface area contributed by atoms with Crippen LogP contribution in [0.3, 0.4) is 0 Å². The maximum atomic E-state index is 12.4. The van der Waals surface area contributed by atoms with Gasteiger partial charge in [0.1, 0.15) is 6.04 Å². The number of rotatable bonds is 2. The molecule has 0 bridgehead atoms. The minimum atomic E-state index is -0.537. The van der Waals surface area contributed by atoms with Crippen molar-refractivity contribution in [2.75, 3.05) is 18.8 Å². The van der Waals surface area contributed by atoms with Crippen LogP contribution in [-0.2, 0) is 4.79 Å². The minimum absolute atomic E-state index is 0.0366. The van der Waals surface area contributed by atoms with Crippen LogP contribution < -0.4 is 5.73 Å². The molecule has 1 aliphatic heterocycles.